The summed E-state index contributed by atoms with van der Waals surface area (Å²) in [6.45, 7) is 4.33. The summed E-state index contributed by atoms with van der Waals surface area (Å²) in [5.74, 6) is 2.20. The molecule has 0 bridgehead atoms. The van der Waals surface area contributed by atoms with Crippen LogP contribution in [0.25, 0.3) is 11.4 Å². The summed E-state index contributed by atoms with van der Waals surface area (Å²) < 4.78 is 6.41. The van der Waals surface area contributed by atoms with Gasteiger partial charge < -0.3 is 9.84 Å². The Labute approximate surface area is 133 Å². The molecule has 0 aliphatic carbocycles. The smallest absolute Gasteiger partial charge is 0.226 e. The van der Waals surface area contributed by atoms with Crippen LogP contribution in [-0.2, 0) is 6.42 Å². The van der Waals surface area contributed by atoms with Crippen LogP contribution in [0.1, 0.15) is 30.7 Å². The van der Waals surface area contributed by atoms with Crippen molar-refractivity contribution in [3.05, 3.63) is 34.1 Å². The Bertz CT molecular complexity index is 605. The van der Waals surface area contributed by atoms with Crippen molar-refractivity contribution >= 4 is 15.9 Å². The van der Waals surface area contributed by atoms with Crippen molar-refractivity contribution in [3.63, 3.8) is 0 Å². The van der Waals surface area contributed by atoms with Crippen LogP contribution < -0.4 is 5.32 Å². The Morgan fingerprint density at radius 1 is 1.33 bits per heavy atom. The summed E-state index contributed by atoms with van der Waals surface area (Å²) in [5, 5.41) is 7.50. The second-order valence-electron chi connectivity index (χ2n) is 5.73. The maximum atomic E-state index is 5.40. The number of hydrogen-bond acceptors (Lipinski definition) is 4. The fourth-order valence-electron chi connectivity index (χ4n) is 2.77. The van der Waals surface area contributed by atoms with Crippen molar-refractivity contribution in [1.29, 1.82) is 0 Å². The molecule has 1 fully saturated rings. The SMILES string of the molecule is Cc1ccc(-c2noc(CCC3CCNCC3)n2)c(Br)c1. The second kappa shape index (κ2) is 6.71. The maximum absolute atomic E-state index is 5.40. The summed E-state index contributed by atoms with van der Waals surface area (Å²) in [6.07, 6.45) is 4.52. The van der Waals surface area contributed by atoms with Gasteiger partial charge in [0.15, 0.2) is 0 Å². The minimum Gasteiger partial charge on any atom is -0.339 e. The van der Waals surface area contributed by atoms with E-state index < -0.39 is 0 Å². The van der Waals surface area contributed by atoms with Crippen molar-refractivity contribution in [3.8, 4) is 11.4 Å². The summed E-state index contributed by atoms with van der Waals surface area (Å²) >= 11 is 3.57. The molecule has 5 heteroatoms. The summed E-state index contributed by atoms with van der Waals surface area (Å²) in [4.78, 5) is 4.53. The molecule has 2 aromatic rings. The van der Waals surface area contributed by atoms with Gasteiger partial charge in [0.2, 0.25) is 11.7 Å². The minimum atomic E-state index is 0.669. The summed E-state index contributed by atoms with van der Waals surface area (Å²) in [7, 11) is 0. The highest BCUT2D eigenvalue weighted by molar-refractivity contribution is 9.10. The van der Waals surface area contributed by atoms with E-state index in [2.05, 4.69) is 50.4 Å². The zero-order valence-corrected chi connectivity index (χ0v) is 13.8. The summed E-state index contributed by atoms with van der Waals surface area (Å²) in [6, 6.07) is 6.16. The van der Waals surface area contributed by atoms with Gasteiger partial charge in [-0.25, -0.2) is 0 Å². The van der Waals surface area contributed by atoms with E-state index in [1.807, 2.05) is 6.07 Å². The monoisotopic (exact) mass is 349 g/mol. The third-order valence-electron chi connectivity index (χ3n) is 4.06. The molecule has 0 amide bonds. The average Bonchev–Trinajstić information content (AvgIpc) is 2.95. The van der Waals surface area contributed by atoms with Gasteiger partial charge in [0.1, 0.15) is 0 Å². The van der Waals surface area contributed by atoms with Crippen LogP contribution in [-0.4, -0.2) is 23.2 Å². The molecule has 112 valence electrons. The normalized spacial score (nSPS) is 16.3. The van der Waals surface area contributed by atoms with Gasteiger partial charge in [-0.3, -0.25) is 0 Å². The second-order valence-corrected chi connectivity index (χ2v) is 6.58. The molecule has 1 aromatic heterocycles. The number of halogens is 1. The lowest BCUT2D eigenvalue weighted by Crippen LogP contribution is -2.27. The zero-order valence-electron chi connectivity index (χ0n) is 12.2. The highest BCUT2D eigenvalue weighted by atomic mass is 79.9. The highest BCUT2D eigenvalue weighted by Gasteiger charge is 2.16. The van der Waals surface area contributed by atoms with Crippen LogP contribution in [0.4, 0.5) is 0 Å². The number of nitrogens with one attached hydrogen (secondary N) is 1. The molecule has 1 saturated heterocycles. The van der Waals surface area contributed by atoms with Crippen LogP contribution in [0.15, 0.2) is 27.2 Å². The molecule has 0 atom stereocenters. The van der Waals surface area contributed by atoms with Crippen molar-refractivity contribution in [2.24, 2.45) is 5.92 Å². The van der Waals surface area contributed by atoms with E-state index in [1.165, 1.54) is 18.4 Å². The van der Waals surface area contributed by atoms with Gasteiger partial charge in [0, 0.05) is 16.5 Å². The molecule has 0 saturated carbocycles. The molecule has 1 aliphatic rings. The van der Waals surface area contributed by atoms with Crippen LogP contribution in [0.3, 0.4) is 0 Å². The molecule has 0 radical (unpaired) electrons. The minimum absolute atomic E-state index is 0.669. The Hall–Kier alpha value is -1.20. The lowest BCUT2D eigenvalue weighted by Gasteiger charge is -2.21. The number of hydrogen-bond donors (Lipinski definition) is 1. The largest absolute Gasteiger partial charge is 0.339 e. The molecule has 21 heavy (non-hydrogen) atoms. The number of nitrogens with zero attached hydrogens (tertiary/aromatic N) is 2. The first kappa shape index (κ1) is 14.7. The first-order chi connectivity index (χ1) is 10.2. The van der Waals surface area contributed by atoms with Gasteiger partial charge in [-0.05, 0) is 62.9 Å². The lowest BCUT2D eigenvalue weighted by atomic mass is 9.93. The number of aryl methyl sites for hydroxylation is 2. The third-order valence-corrected chi connectivity index (χ3v) is 4.71. The van der Waals surface area contributed by atoms with Gasteiger partial charge in [-0.15, -0.1) is 0 Å². The molecular weight excluding hydrogens is 330 g/mol. The van der Waals surface area contributed by atoms with Crippen LogP contribution >= 0.6 is 15.9 Å². The van der Waals surface area contributed by atoms with E-state index in [0.29, 0.717) is 5.82 Å². The molecular formula is C16H20BrN3O. The number of piperidine rings is 1. The van der Waals surface area contributed by atoms with Crippen molar-refractivity contribution in [2.45, 2.75) is 32.6 Å². The lowest BCUT2D eigenvalue weighted by molar-refractivity contribution is 0.324. The van der Waals surface area contributed by atoms with Gasteiger partial charge >= 0.3 is 0 Å². The first-order valence-corrected chi connectivity index (χ1v) is 8.31. The Morgan fingerprint density at radius 2 is 2.14 bits per heavy atom. The van der Waals surface area contributed by atoms with E-state index in [4.69, 9.17) is 4.52 Å². The van der Waals surface area contributed by atoms with Gasteiger partial charge in [-0.1, -0.05) is 27.2 Å². The molecule has 1 N–H and O–H groups in total. The van der Waals surface area contributed by atoms with Crippen LogP contribution in [0.5, 0.6) is 0 Å². The quantitative estimate of drug-likeness (QED) is 0.913. The van der Waals surface area contributed by atoms with E-state index in [0.717, 1.165) is 47.8 Å². The Morgan fingerprint density at radius 3 is 2.90 bits per heavy atom. The predicted octanol–water partition coefficient (Wildman–Crippen LogP) is 3.74. The predicted molar refractivity (Wildman–Crippen MR) is 86.1 cm³/mol. The number of aromatic nitrogens is 2. The molecule has 4 nitrogen and oxygen atoms in total. The zero-order chi connectivity index (χ0) is 14.7. The fourth-order valence-corrected chi connectivity index (χ4v) is 3.44. The molecule has 1 aliphatic heterocycles. The molecule has 0 unspecified atom stereocenters. The number of rotatable bonds is 4. The van der Waals surface area contributed by atoms with Crippen LogP contribution in [0.2, 0.25) is 0 Å². The Balaban J connectivity index is 1.65. The fraction of sp³-hybridized carbons (Fsp3) is 0.500. The highest BCUT2D eigenvalue weighted by Crippen LogP contribution is 2.27. The van der Waals surface area contributed by atoms with Gasteiger partial charge in [0.05, 0.1) is 0 Å². The Kier molecular flexibility index (Phi) is 4.70. The first-order valence-electron chi connectivity index (χ1n) is 7.52. The van der Waals surface area contributed by atoms with E-state index in [1.54, 1.807) is 0 Å². The molecule has 2 heterocycles. The topological polar surface area (TPSA) is 51.0 Å². The summed E-state index contributed by atoms with van der Waals surface area (Å²) in [5.41, 5.74) is 2.19. The molecule has 0 spiro atoms. The average molecular weight is 350 g/mol. The van der Waals surface area contributed by atoms with Gasteiger partial charge in [0.25, 0.3) is 0 Å². The maximum Gasteiger partial charge on any atom is 0.226 e. The van der Waals surface area contributed by atoms with Crippen molar-refractivity contribution in [2.75, 3.05) is 13.1 Å². The van der Waals surface area contributed by atoms with E-state index >= 15 is 0 Å². The van der Waals surface area contributed by atoms with E-state index in [9.17, 15) is 0 Å². The molecule has 1 aromatic carbocycles. The van der Waals surface area contributed by atoms with E-state index in [-0.39, 0.29) is 0 Å². The molecule has 3 rings (SSSR count). The standard InChI is InChI=1S/C16H20BrN3O/c1-11-2-4-13(14(17)10-11)16-19-15(21-20-16)5-3-12-6-8-18-9-7-12/h2,4,10,12,18H,3,5-9H2,1H3. The van der Waals surface area contributed by atoms with Gasteiger partial charge in [-0.2, -0.15) is 4.98 Å². The van der Waals surface area contributed by atoms with Crippen molar-refractivity contribution < 1.29 is 4.52 Å². The van der Waals surface area contributed by atoms with Crippen molar-refractivity contribution in [1.82, 2.24) is 15.5 Å². The third kappa shape index (κ3) is 3.71. The van der Waals surface area contributed by atoms with Crippen LogP contribution in [0, 0.1) is 12.8 Å². The number of benzene rings is 1.